The third kappa shape index (κ3) is 4.02. The summed E-state index contributed by atoms with van der Waals surface area (Å²) in [5, 5.41) is 3.33. The first kappa shape index (κ1) is 14.5. The van der Waals surface area contributed by atoms with E-state index in [1.165, 1.54) is 24.8 Å². The molecule has 1 N–H and O–H groups in total. The Morgan fingerprint density at radius 2 is 1.95 bits per heavy atom. The van der Waals surface area contributed by atoms with Crippen molar-refractivity contribution >= 4 is 0 Å². The highest BCUT2D eigenvalue weighted by atomic mass is 19.1. The zero-order valence-corrected chi connectivity index (χ0v) is 12.1. The van der Waals surface area contributed by atoms with Crippen LogP contribution in [0, 0.1) is 11.2 Å². The molecule has 3 heteroatoms. The van der Waals surface area contributed by atoms with Crippen LogP contribution in [0.1, 0.15) is 24.8 Å². The fourth-order valence-corrected chi connectivity index (χ4v) is 3.07. The van der Waals surface area contributed by atoms with Crippen LogP contribution in [-0.2, 0) is 6.42 Å². The van der Waals surface area contributed by atoms with Gasteiger partial charge < -0.3 is 10.2 Å². The summed E-state index contributed by atoms with van der Waals surface area (Å²) < 4.78 is 12.8. The van der Waals surface area contributed by atoms with Crippen LogP contribution in [-0.4, -0.2) is 38.6 Å². The van der Waals surface area contributed by atoms with E-state index in [4.69, 9.17) is 0 Å². The lowest BCUT2D eigenvalue weighted by Gasteiger charge is -2.44. The van der Waals surface area contributed by atoms with Gasteiger partial charge in [0, 0.05) is 19.6 Å². The first-order chi connectivity index (χ1) is 9.13. The molecule has 0 spiro atoms. The summed E-state index contributed by atoms with van der Waals surface area (Å²) in [6, 6.07) is 6.86. The molecule has 0 aliphatic heterocycles. The summed E-state index contributed by atoms with van der Waals surface area (Å²) in [5.41, 5.74) is 1.70. The molecule has 0 bridgehead atoms. The fraction of sp³-hybridized carbons (Fsp3) is 0.625. The summed E-state index contributed by atoms with van der Waals surface area (Å²) in [6.45, 7) is 3.32. The fourth-order valence-electron chi connectivity index (χ4n) is 3.07. The average molecular weight is 264 g/mol. The number of hydrogen-bond acceptors (Lipinski definition) is 2. The van der Waals surface area contributed by atoms with E-state index in [-0.39, 0.29) is 5.82 Å². The van der Waals surface area contributed by atoms with Crippen LogP contribution >= 0.6 is 0 Å². The lowest BCUT2D eigenvalue weighted by molar-refractivity contribution is 0.0803. The summed E-state index contributed by atoms with van der Waals surface area (Å²) >= 11 is 0. The number of rotatable bonds is 7. The van der Waals surface area contributed by atoms with Gasteiger partial charge in [0.2, 0.25) is 0 Å². The predicted octanol–water partition coefficient (Wildman–Crippen LogP) is 2.69. The van der Waals surface area contributed by atoms with E-state index in [9.17, 15) is 4.39 Å². The highest BCUT2D eigenvalue weighted by Gasteiger charge is 2.36. The Hall–Kier alpha value is -0.930. The van der Waals surface area contributed by atoms with Gasteiger partial charge in [-0.1, -0.05) is 18.6 Å². The number of nitrogens with one attached hydrogen (secondary N) is 1. The zero-order chi connectivity index (χ0) is 13.7. The van der Waals surface area contributed by atoms with E-state index in [1.807, 2.05) is 19.2 Å². The highest BCUT2D eigenvalue weighted by Crippen LogP contribution is 2.40. The van der Waals surface area contributed by atoms with Crippen LogP contribution in [0.15, 0.2) is 24.3 Å². The molecule has 0 amide bonds. The third-order valence-electron chi connectivity index (χ3n) is 4.27. The molecule has 0 radical (unpaired) electrons. The maximum atomic E-state index is 12.8. The van der Waals surface area contributed by atoms with E-state index in [0.29, 0.717) is 5.41 Å². The van der Waals surface area contributed by atoms with E-state index in [1.54, 1.807) is 12.1 Å². The van der Waals surface area contributed by atoms with Gasteiger partial charge >= 0.3 is 0 Å². The Kier molecular flexibility index (Phi) is 4.94. The highest BCUT2D eigenvalue weighted by molar-refractivity contribution is 5.16. The summed E-state index contributed by atoms with van der Waals surface area (Å²) in [4.78, 5) is 2.42. The minimum atomic E-state index is -0.153. The minimum absolute atomic E-state index is 0.153. The van der Waals surface area contributed by atoms with Crippen molar-refractivity contribution in [1.82, 2.24) is 10.2 Å². The van der Waals surface area contributed by atoms with Gasteiger partial charge in [-0.05, 0) is 56.5 Å². The Balaban J connectivity index is 1.77. The number of nitrogens with zero attached hydrogens (tertiary/aromatic N) is 1. The molecule has 0 atom stereocenters. The van der Waals surface area contributed by atoms with Gasteiger partial charge in [-0.15, -0.1) is 0 Å². The number of halogens is 1. The lowest BCUT2D eigenvalue weighted by atomic mass is 9.68. The first-order valence-corrected chi connectivity index (χ1v) is 7.21. The smallest absolute Gasteiger partial charge is 0.123 e. The monoisotopic (exact) mass is 264 g/mol. The second-order valence-corrected chi connectivity index (χ2v) is 6.00. The van der Waals surface area contributed by atoms with Crippen LogP contribution in [0.2, 0.25) is 0 Å². The maximum Gasteiger partial charge on any atom is 0.123 e. The van der Waals surface area contributed by atoms with Crippen LogP contribution in [0.25, 0.3) is 0 Å². The Morgan fingerprint density at radius 3 is 2.47 bits per heavy atom. The first-order valence-electron chi connectivity index (χ1n) is 7.21. The van der Waals surface area contributed by atoms with Crippen molar-refractivity contribution in [3.63, 3.8) is 0 Å². The van der Waals surface area contributed by atoms with Gasteiger partial charge in [0.15, 0.2) is 0 Å². The van der Waals surface area contributed by atoms with E-state index in [2.05, 4.69) is 17.3 Å². The predicted molar refractivity (Wildman–Crippen MR) is 77.8 cm³/mol. The molecule has 2 nitrogen and oxygen atoms in total. The normalized spacial score (nSPS) is 17.5. The van der Waals surface area contributed by atoms with Crippen LogP contribution < -0.4 is 5.32 Å². The molecule has 0 unspecified atom stereocenters. The largest absolute Gasteiger partial charge is 0.319 e. The molecule has 0 aromatic heterocycles. The van der Waals surface area contributed by atoms with Crippen LogP contribution in [0.3, 0.4) is 0 Å². The van der Waals surface area contributed by atoms with Crippen LogP contribution in [0.5, 0.6) is 0 Å². The molecule has 1 saturated carbocycles. The second kappa shape index (κ2) is 6.49. The van der Waals surface area contributed by atoms with Gasteiger partial charge in [0.1, 0.15) is 5.82 Å². The van der Waals surface area contributed by atoms with Crippen molar-refractivity contribution in [2.24, 2.45) is 5.41 Å². The molecule has 2 rings (SSSR count). The standard InChI is InChI=1S/C16H25FN2/c1-18-12-16(9-3-10-16)13-19(2)11-8-14-4-6-15(17)7-5-14/h4-7,18H,3,8-13H2,1-2H3. The number of hydrogen-bond donors (Lipinski definition) is 1. The molecule has 0 saturated heterocycles. The van der Waals surface area contributed by atoms with Crippen molar-refractivity contribution in [2.75, 3.05) is 33.7 Å². The third-order valence-corrected chi connectivity index (χ3v) is 4.27. The van der Waals surface area contributed by atoms with E-state index >= 15 is 0 Å². The van der Waals surface area contributed by atoms with Gasteiger partial charge in [0.25, 0.3) is 0 Å². The molecule has 1 aliphatic rings. The van der Waals surface area contributed by atoms with Crippen molar-refractivity contribution in [2.45, 2.75) is 25.7 Å². The molecular weight excluding hydrogens is 239 g/mol. The van der Waals surface area contributed by atoms with Gasteiger partial charge in [-0.3, -0.25) is 0 Å². The SMILES string of the molecule is CNCC1(CN(C)CCc2ccc(F)cc2)CCC1. The van der Waals surface area contributed by atoms with Crippen molar-refractivity contribution in [3.05, 3.63) is 35.6 Å². The van der Waals surface area contributed by atoms with E-state index in [0.717, 1.165) is 26.1 Å². The topological polar surface area (TPSA) is 15.3 Å². The number of likely N-dealkylation sites (N-methyl/N-ethyl adjacent to an activating group) is 1. The molecule has 1 aromatic carbocycles. The lowest BCUT2D eigenvalue weighted by Crippen LogP contribution is -2.47. The minimum Gasteiger partial charge on any atom is -0.319 e. The molecule has 1 aliphatic carbocycles. The van der Waals surface area contributed by atoms with Gasteiger partial charge in [-0.25, -0.2) is 4.39 Å². The molecular formula is C16H25FN2. The second-order valence-electron chi connectivity index (χ2n) is 6.00. The molecule has 0 heterocycles. The Morgan fingerprint density at radius 1 is 1.26 bits per heavy atom. The Labute approximate surface area is 116 Å². The zero-order valence-electron chi connectivity index (χ0n) is 12.1. The molecule has 1 fully saturated rings. The summed E-state index contributed by atoms with van der Waals surface area (Å²) in [6.07, 6.45) is 5.04. The Bertz CT molecular complexity index is 384. The van der Waals surface area contributed by atoms with Crippen LogP contribution in [0.4, 0.5) is 4.39 Å². The molecule has 106 valence electrons. The van der Waals surface area contributed by atoms with Gasteiger partial charge in [-0.2, -0.15) is 0 Å². The molecule has 19 heavy (non-hydrogen) atoms. The summed E-state index contributed by atoms with van der Waals surface area (Å²) in [7, 11) is 4.23. The average Bonchev–Trinajstić information content (AvgIpc) is 2.36. The summed E-state index contributed by atoms with van der Waals surface area (Å²) in [5.74, 6) is -0.153. The van der Waals surface area contributed by atoms with Crippen molar-refractivity contribution < 1.29 is 4.39 Å². The molecule has 1 aromatic rings. The maximum absolute atomic E-state index is 12.8. The van der Waals surface area contributed by atoms with Crippen molar-refractivity contribution in [3.8, 4) is 0 Å². The van der Waals surface area contributed by atoms with Crippen molar-refractivity contribution in [1.29, 1.82) is 0 Å². The quantitative estimate of drug-likeness (QED) is 0.814. The van der Waals surface area contributed by atoms with E-state index < -0.39 is 0 Å². The van der Waals surface area contributed by atoms with Gasteiger partial charge in [0.05, 0.1) is 0 Å². The number of benzene rings is 1.